The van der Waals surface area contributed by atoms with Crippen LogP contribution in [0.1, 0.15) is 37.3 Å². The molecule has 1 aromatic carbocycles. The SMILES string of the molecule is NCC(NC1CCCCC1CO)c1cc(F)cc(Cl)c1. The van der Waals surface area contributed by atoms with Crippen molar-refractivity contribution in [2.45, 2.75) is 37.8 Å². The summed E-state index contributed by atoms with van der Waals surface area (Å²) in [6, 6.07) is 4.58. The van der Waals surface area contributed by atoms with Crippen molar-refractivity contribution in [2.75, 3.05) is 13.2 Å². The maximum atomic E-state index is 13.5. The predicted molar refractivity (Wildman–Crippen MR) is 79.2 cm³/mol. The van der Waals surface area contributed by atoms with Crippen molar-refractivity contribution in [3.63, 3.8) is 0 Å². The lowest BCUT2D eigenvalue weighted by molar-refractivity contribution is 0.146. The zero-order chi connectivity index (χ0) is 14.5. The van der Waals surface area contributed by atoms with E-state index in [1.54, 1.807) is 6.07 Å². The van der Waals surface area contributed by atoms with Crippen LogP contribution in [0.5, 0.6) is 0 Å². The minimum absolute atomic E-state index is 0.139. The Bertz CT molecular complexity index is 424. The molecule has 3 atom stereocenters. The van der Waals surface area contributed by atoms with Crippen LogP contribution in [0.3, 0.4) is 0 Å². The molecule has 5 heteroatoms. The lowest BCUT2D eigenvalue weighted by Gasteiger charge is -2.34. The molecule has 1 aliphatic carbocycles. The number of aliphatic hydroxyl groups is 1. The van der Waals surface area contributed by atoms with E-state index in [9.17, 15) is 9.50 Å². The highest BCUT2D eigenvalue weighted by Crippen LogP contribution is 2.27. The smallest absolute Gasteiger partial charge is 0.125 e. The molecule has 0 bridgehead atoms. The molecule has 1 aromatic rings. The molecule has 0 aromatic heterocycles. The molecule has 1 fully saturated rings. The van der Waals surface area contributed by atoms with Crippen LogP contribution in [0.15, 0.2) is 18.2 Å². The average Bonchev–Trinajstić information content (AvgIpc) is 2.44. The Morgan fingerprint density at radius 2 is 2.10 bits per heavy atom. The second kappa shape index (κ2) is 7.36. The first-order valence-corrected chi connectivity index (χ1v) is 7.54. The lowest BCUT2D eigenvalue weighted by atomic mass is 9.84. The van der Waals surface area contributed by atoms with Gasteiger partial charge in [0.15, 0.2) is 0 Å². The molecule has 0 aliphatic heterocycles. The van der Waals surface area contributed by atoms with Gasteiger partial charge in [-0.3, -0.25) is 0 Å². The molecule has 0 heterocycles. The summed E-state index contributed by atoms with van der Waals surface area (Å²) in [7, 11) is 0. The van der Waals surface area contributed by atoms with E-state index in [4.69, 9.17) is 17.3 Å². The minimum atomic E-state index is -0.352. The highest BCUT2D eigenvalue weighted by Gasteiger charge is 2.26. The fraction of sp³-hybridized carbons (Fsp3) is 0.600. The van der Waals surface area contributed by atoms with E-state index < -0.39 is 0 Å². The molecular formula is C15H22ClFN2O. The van der Waals surface area contributed by atoms with E-state index in [0.717, 1.165) is 31.2 Å². The van der Waals surface area contributed by atoms with Gasteiger partial charge in [-0.2, -0.15) is 0 Å². The quantitative estimate of drug-likeness (QED) is 0.783. The number of halogens is 2. The van der Waals surface area contributed by atoms with Gasteiger partial charge in [0.1, 0.15) is 5.82 Å². The number of nitrogens with one attached hydrogen (secondary N) is 1. The highest BCUT2D eigenvalue weighted by atomic mass is 35.5. The first-order valence-electron chi connectivity index (χ1n) is 7.17. The van der Waals surface area contributed by atoms with Crippen molar-refractivity contribution < 1.29 is 9.50 Å². The molecular weight excluding hydrogens is 279 g/mol. The fourth-order valence-electron chi connectivity index (χ4n) is 2.98. The van der Waals surface area contributed by atoms with Crippen molar-refractivity contribution in [1.29, 1.82) is 0 Å². The van der Waals surface area contributed by atoms with E-state index in [1.165, 1.54) is 12.1 Å². The topological polar surface area (TPSA) is 58.3 Å². The average molecular weight is 301 g/mol. The molecule has 3 unspecified atom stereocenters. The van der Waals surface area contributed by atoms with E-state index >= 15 is 0 Å². The van der Waals surface area contributed by atoms with E-state index in [2.05, 4.69) is 5.32 Å². The summed E-state index contributed by atoms with van der Waals surface area (Å²) in [5.74, 6) is -0.100. The van der Waals surface area contributed by atoms with Crippen LogP contribution in [0.2, 0.25) is 5.02 Å². The van der Waals surface area contributed by atoms with Crippen molar-refractivity contribution >= 4 is 11.6 Å². The lowest BCUT2D eigenvalue weighted by Crippen LogP contribution is -2.44. The predicted octanol–water partition coefficient (Wildman–Crippen LogP) is 2.62. The Hall–Kier alpha value is -0.680. The Labute approximate surface area is 124 Å². The molecule has 0 saturated heterocycles. The molecule has 0 amide bonds. The van der Waals surface area contributed by atoms with Gasteiger partial charge in [-0.15, -0.1) is 0 Å². The van der Waals surface area contributed by atoms with Crippen molar-refractivity contribution in [3.05, 3.63) is 34.6 Å². The molecule has 0 spiro atoms. The van der Waals surface area contributed by atoms with Crippen LogP contribution in [-0.4, -0.2) is 24.3 Å². The summed E-state index contributed by atoms with van der Waals surface area (Å²) < 4.78 is 13.5. The van der Waals surface area contributed by atoms with Crippen LogP contribution in [-0.2, 0) is 0 Å². The minimum Gasteiger partial charge on any atom is -0.396 e. The van der Waals surface area contributed by atoms with Gasteiger partial charge in [-0.1, -0.05) is 24.4 Å². The summed E-state index contributed by atoms with van der Waals surface area (Å²) in [5.41, 5.74) is 6.58. The molecule has 4 N–H and O–H groups in total. The number of hydrogen-bond donors (Lipinski definition) is 3. The Morgan fingerprint density at radius 3 is 2.75 bits per heavy atom. The number of benzene rings is 1. The maximum absolute atomic E-state index is 13.5. The van der Waals surface area contributed by atoms with Crippen LogP contribution >= 0.6 is 11.6 Å². The number of nitrogens with two attached hydrogens (primary N) is 1. The molecule has 1 saturated carbocycles. The van der Waals surface area contributed by atoms with Crippen LogP contribution in [0.4, 0.5) is 4.39 Å². The second-order valence-electron chi connectivity index (χ2n) is 5.49. The van der Waals surface area contributed by atoms with Crippen LogP contribution in [0, 0.1) is 11.7 Å². The first kappa shape index (κ1) is 15.7. The van der Waals surface area contributed by atoms with Gasteiger partial charge < -0.3 is 16.2 Å². The first-order chi connectivity index (χ1) is 9.63. The third-order valence-electron chi connectivity index (χ3n) is 4.08. The second-order valence-corrected chi connectivity index (χ2v) is 5.93. The molecule has 3 nitrogen and oxygen atoms in total. The standard InChI is InChI=1S/C15H22ClFN2O/c16-12-5-11(6-13(17)7-12)15(8-18)19-14-4-2-1-3-10(14)9-20/h5-7,10,14-15,19-20H,1-4,8-9,18H2. The Balaban J connectivity index is 2.11. The molecule has 2 rings (SSSR count). The molecule has 0 radical (unpaired) electrons. The third-order valence-corrected chi connectivity index (χ3v) is 4.30. The van der Waals surface area contributed by atoms with E-state index in [1.807, 2.05) is 0 Å². The maximum Gasteiger partial charge on any atom is 0.125 e. The largest absolute Gasteiger partial charge is 0.396 e. The van der Waals surface area contributed by atoms with Crippen molar-refractivity contribution in [1.82, 2.24) is 5.32 Å². The Kier molecular flexibility index (Phi) is 5.78. The summed E-state index contributed by atoms with van der Waals surface area (Å²) in [6.07, 6.45) is 4.35. The van der Waals surface area contributed by atoms with Crippen LogP contribution < -0.4 is 11.1 Å². The number of hydrogen-bond acceptors (Lipinski definition) is 3. The van der Waals surface area contributed by atoms with E-state index in [0.29, 0.717) is 11.6 Å². The third kappa shape index (κ3) is 3.92. The number of rotatable bonds is 5. The number of aliphatic hydroxyl groups excluding tert-OH is 1. The van der Waals surface area contributed by atoms with Gasteiger partial charge in [-0.25, -0.2) is 4.39 Å². The van der Waals surface area contributed by atoms with Gasteiger partial charge >= 0.3 is 0 Å². The summed E-state index contributed by atoms with van der Waals surface area (Å²) in [6.45, 7) is 0.549. The highest BCUT2D eigenvalue weighted by molar-refractivity contribution is 6.30. The van der Waals surface area contributed by atoms with Gasteiger partial charge in [-0.05, 0) is 42.5 Å². The summed E-state index contributed by atoms with van der Waals surface area (Å²) in [5, 5.41) is 13.3. The molecule has 1 aliphatic rings. The summed E-state index contributed by atoms with van der Waals surface area (Å²) in [4.78, 5) is 0. The van der Waals surface area contributed by atoms with Crippen molar-refractivity contribution in [2.24, 2.45) is 11.7 Å². The zero-order valence-corrected chi connectivity index (χ0v) is 12.2. The van der Waals surface area contributed by atoms with Gasteiger partial charge in [0.2, 0.25) is 0 Å². The van der Waals surface area contributed by atoms with E-state index in [-0.39, 0.29) is 30.4 Å². The van der Waals surface area contributed by atoms with Gasteiger partial charge in [0, 0.05) is 30.3 Å². The normalized spacial score (nSPS) is 24.6. The van der Waals surface area contributed by atoms with Crippen molar-refractivity contribution in [3.8, 4) is 0 Å². The zero-order valence-electron chi connectivity index (χ0n) is 11.5. The fourth-order valence-corrected chi connectivity index (χ4v) is 3.21. The van der Waals surface area contributed by atoms with Gasteiger partial charge in [0.25, 0.3) is 0 Å². The molecule has 20 heavy (non-hydrogen) atoms. The van der Waals surface area contributed by atoms with Gasteiger partial charge in [0.05, 0.1) is 0 Å². The molecule has 112 valence electrons. The Morgan fingerprint density at radius 1 is 1.35 bits per heavy atom. The van der Waals surface area contributed by atoms with Crippen LogP contribution in [0.25, 0.3) is 0 Å². The summed E-state index contributed by atoms with van der Waals surface area (Å²) >= 11 is 5.90. The monoisotopic (exact) mass is 300 g/mol.